The van der Waals surface area contributed by atoms with Crippen LogP contribution in [0.3, 0.4) is 0 Å². The molecule has 1 aromatic heterocycles. The van der Waals surface area contributed by atoms with Gasteiger partial charge in [0, 0.05) is 12.7 Å². The molecule has 3 rings (SSSR count). The summed E-state index contributed by atoms with van der Waals surface area (Å²) in [5.74, 6) is -0.421. The number of amides is 1. The predicted octanol–water partition coefficient (Wildman–Crippen LogP) is 3.16. The SMILES string of the molecule is CN(CCOc1ccccc1F)C(=O)c1cncn1-c1ccccc1. The molecule has 1 heterocycles. The summed E-state index contributed by atoms with van der Waals surface area (Å²) >= 11 is 0. The molecule has 0 saturated heterocycles. The second kappa shape index (κ2) is 7.61. The first-order valence-electron chi connectivity index (χ1n) is 7.87. The Kier molecular flexibility index (Phi) is 5.09. The third kappa shape index (κ3) is 3.85. The molecule has 0 aliphatic rings. The van der Waals surface area contributed by atoms with Crippen molar-refractivity contribution in [3.05, 3.63) is 78.6 Å². The molecule has 0 aliphatic heterocycles. The van der Waals surface area contributed by atoms with Crippen LogP contribution in [0.5, 0.6) is 5.75 Å². The molecule has 128 valence electrons. The second-order valence-electron chi connectivity index (χ2n) is 5.49. The number of rotatable bonds is 6. The highest BCUT2D eigenvalue weighted by Gasteiger charge is 2.17. The van der Waals surface area contributed by atoms with Gasteiger partial charge in [-0.2, -0.15) is 0 Å². The lowest BCUT2D eigenvalue weighted by Gasteiger charge is -2.18. The van der Waals surface area contributed by atoms with Crippen molar-refractivity contribution in [1.82, 2.24) is 14.5 Å². The Hall–Kier alpha value is -3.15. The zero-order valence-electron chi connectivity index (χ0n) is 13.8. The van der Waals surface area contributed by atoms with Crippen LogP contribution in [-0.4, -0.2) is 40.6 Å². The van der Waals surface area contributed by atoms with Gasteiger partial charge < -0.3 is 9.64 Å². The number of nitrogens with zero attached hydrogens (tertiary/aromatic N) is 3. The van der Waals surface area contributed by atoms with Gasteiger partial charge in [-0.15, -0.1) is 0 Å². The standard InChI is InChI=1S/C19H18FN3O2/c1-22(11-12-25-18-10-6-5-9-16(18)20)19(24)17-13-21-14-23(17)15-7-3-2-4-8-15/h2-10,13-14H,11-12H2,1H3. The van der Waals surface area contributed by atoms with Crippen molar-refractivity contribution in [2.75, 3.05) is 20.2 Å². The number of aromatic nitrogens is 2. The maximum absolute atomic E-state index is 13.5. The fourth-order valence-electron chi connectivity index (χ4n) is 2.40. The van der Waals surface area contributed by atoms with Crippen molar-refractivity contribution in [3.8, 4) is 11.4 Å². The smallest absolute Gasteiger partial charge is 0.272 e. The number of ether oxygens (including phenoxy) is 1. The van der Waals surface area contributed by atoms with Gasteiger partial charge in [0.25, 0.3) is 5.91 Å². The number of hydrogen-bond acceptors (Lipinski definition) is 3. The van der Waals surface area contributed by atoms with E-state index in [1.54, 1.807) is 36.1 Å². The van der Waals surface area contributed by atoms with E-state index in [0.29, 0.717) is 12.2 Å². The third-order valence-electron chi connectivity index (χ3n) is 3.76. The second-order valence-corrected chi connectivity index (χ2v) is 5.49. The Morgan fingerprint density at radius 1 is 1.16 bits per heavy atom. The predicted molar refractivity (Wildman–Crippen MR) is 92.4 cm³/mol. The number of likely N-dealkylation sites (N-methyl/N-ethyl adjacent to an activating group) is 1. The maximum Gasteiger partial charge on any atom is 0.272 e. The average Bonchev–Trinajstić information content (AvgIpc) is 3.13. The zero-order chi connectivity index (χ0) is 17.6. The first kappa shape index (κ1) is 16.7. The molecule has 0 unspecified atom stereocenters. The normalized spacial score (nSPS) is 10.5. The number of hydrogen-bond donors (Lipinski definition) is 0. The van der Waals surface area contributed by atoms with E-state index in [1.807, 2.05) is 30.3 Å². The first-order valence-corrected chi connectivity index (χ1v) is 7.87. The number of para-hydroxylation sites is 2. The number of benzene rings is 2. The van der Waals surface area contributed by atoms with Crippen molar-refractivity contribution in [3.63, 3.8) is 0 Å². The van der Waals surface area contributed by atoms with Crippen LogP contribution in [0.1, 0.15) is 10.5 Å². The Bertz CT molecular complexity index is 849. The van der Waals surface area contributed by atoms with E-state index in [1.165, 1.54) is 17.2 Å². The fourth-order valence-corrected chi connectivity index (χ4v) is 2.40. The minimum Gasteiger partial charge on any atom is -0.489 e. The molecule has 0 bridgehead atoms. The molecule has 0 radical (unpaired) electrons. The molecule has 0 N–H and O–H groups in total. The van der Waals surface area contributed by atoms with Gasteiger partial charge in [0.15, 0.2) is 11.6 Å². The van der Waals surface area contributed by atoms with E-state index in [4.69, 9.17) is 4.74 Å². The topological polar surface area (TPSA) is 47.4 Å². The summed E-state index contributed by atoms with van der Waals surface area (Å²) in [5.41, 5.74) is 1.32. The van der Waals surface area contributed by atoms with Crippen molar-refractivity contribution < 1.29 is 13.9 Å². The van der Waals surface area contributed by atoms with Crippen LogP contribution in [0.25, 0.3) is 5.69 Å². The van der Waals surface area contributed by atoms with Gasteiger partial charge in [-0.1, -0.05) is 30.3 Å². The van der Waals surface area contributed by atoms with E-state index in [-0.39, 0.29) is 18.3 Å². The molecule has 6 heteroatoms. The summed E-state index contributed by atoms with van der Waals surface area (Å²) in [7, 11) is 1.68. The van der Waals surface area contributed by atoms with Crippen LogP contribution in [0.2, 0.25) is 0 Å². The highest BCUT2D eigenvalue weighted by atomic mass is 19.1. The first-order chi connectivity index (χ1) is 12.2. The minimum atomic E-state index is -0.418. The average molecular weight is 339 g/mol. The molecule has 0 aliphatic carbocycles. The molecule has 0 spiro atoms. The van der Waals surface area contributed by atoms with Gasteiger partial charge in [-0.25, -0.2) is 9.37 Å². The van der Waals surface area contributed by atoms with Crippen molar-refractivity contribution >= 4 is 5.91 Å². The van der Waals surface area contributed by atoms with Crippen LogP contribution >= 0.6 is 0 Å². The summed E-state index contributed by atoms with van der Waals surface area (Å²) in [5, 5.41) is 0. The van der Waals surface area contributed by atoms with Crippen LogP contribution < -0.4 is 4.74 Å². The van der Waals surface area contributed by atoms with Gasteiger partial charge in [0.2, 0.25) is 0 Å². The molecule has 3 aromatic rings. The molecular weight excluding hydrogens is 321 g/mol. The summed E-state index contributed by atoms with van der Waals surface area (Å²) in [4.78, 5) is 18.2. The van der Waals surface area contributed by atoms with E-state index in [0.717, 1.165) is 5.69 Å². The van der Waals surface area contributed by atoms with Crippen molar-refractivity contribution in [2.24, 2.45) is 0 Å². The Morgan fingerprint density at radius 2 is 1.88 bits per heavy atom. The lowest BCUT2D eigenvalue weighted by Crippen LogP contribution is -2.32. The van der Waals surface area contributed by atoms with E-state index in [9.17, 15) is 9.18 Å². The van der Waals surface area contributed by atoms with Gasteiger partial charge >= 0.3 is 0 Å². The van der Waals surface area contributed by atoms with Crippen LogP contribution in [-0.2, 0) is 0 Å². The molecule has 0 atom stereocenters. The van der Waals surface area contributed by atoms with E-state index in [2.05, 4.69) is 4.98 Å². The molecule has 0 fully saturated rings. The van der Waals surface area contributed by atoms with Crippen molar-refractivity contribution in [2.45, 2.75) is 0 Å². The van der Waals surface area contributed by atoms with Crippen LogP contribution in [0.15, 0.2) is 67.1 Å². The summed E-state index contributed by atoms with van der Waals surface area (Å²) in [6.45, 7) is 0.524. The zero-order valence-corrected chi connectivity index (χ0v) is 13.8. The molecular formula is C19H18FN3O2. The number of imidazole rings is 1. The molecule has 0 saturated carbocycles. The van der Waals surface area contributed by atoms with Gasteiger partial charge in [-0.05, 0) is 24.3 Å². The van der Waals surface area contributed by atoms with Gasteiger partial charge in [0.05, 0.1) is 19.1 Å². The quantitative estimate of drug-likeness (QED) is 0.693. The Balaban J connectivity index is 1.64. The minimum absolute atomic E-state index is 0.178. The Morgan fingerprint density at radius 3 is 2.64 bits per heavy atom. The van der Waals surface area contributed by atoms with Gasteiger partial charge in [0.1, 0.15) is 12.3 Å². The highest BCUT2D eigenvalue weighted by Crippen LogP contribution is 2.15. The lowest BCUT2D eigenvalue weighted by atomic mass is 10.3. The summed E-state index contributed by atoms with van der Waals surface area (Å²) < 4.78 is 20.7. The Labute approximate surface area is 145 Å². The lowest BCUT2D eigenvalue weighted by molar-refractivity contribution is 0.0765. The maximum atomic E-state index is 13.5. The molecule has 25 heavy (non-hydrogen) atoms. The van der Waals surface area contributed by atoms with Crippen LogP contribution in [0.4, 0.5) is 4.39 Å². The van der Waals surface area contributed by atoms with E-state index >= 15 is 0 Å². The molecule has 1 amide bonds. The highest BCUT2D eigenvalue weighted by molar-refractivity contribution is 5.92. The fraction of sp³-hybridized carbons (Fsp3) is 0.158. The number of carbonyl (C=O) groups is 1. The molecule has 2 aromatic carbocycles. The monoisotopic (exact) mass is 339 g/mol. The van der Waals surface area contributed by atoms with E-state index < -0.39 is 5.82 Å². The van der Waals surface area contributed by atoms with Gasteiger partial charge in [-0.3, -0.25) is 9.36 Å². The number of carbonyl (C=O) groups excluding carboxylic acids is 1. The summed E-state index contributed by atoms with van der Waals surface area (Å²) in [6, 6.07) is 15.7. The third-order valence-corrected chi connectivity index (χ3v) is 3.76. The number of halogens is 1. The molecule has 5 nitrogen and oxygen atoms in total. The largest absolute Gasteiger partial charge is 0.489 e. The van der Waals surface area contributed by atoms with Crippen molar-refractivity contribution in [1.29, 1.82) is 0 Å². The summed E-state index contributed by atoms with van der Waals surface area (Å²) in [6.07, 6.45) is 3.13. The van der Waals surface area contributed by atoms with Crippen LogP contribution in [0, 0.1) is 5.82 Å².